The second-order valence-corrected chi connectivity index (χ2v) is 9.86. The zero-order valence-corrected chi connectivity index (χ0v) is 23.6. The average Bonchev–Trinajstić information content (AvgIpc) is 2.93. The number of ether oxygens (including phenoxy) is 3. The fraction of sp³-hybridized carbons (Fsp3) is 0.484. The monoisotopic (exact) mass is 555 g/mol. The molecule has 0 aromatic heterocycles. The summed E-state index contributed by atoms with van der Waals surface area (Å²) in [4.78, 5) is 49.4. The van der Waals surface area contributed by atoms with E-state index < -0.39 is 41.9 Å². The quantitative estimate of drug-likeness (QED) is 0.141. The topological polar surface area (TPSA) is 142 Å². The molecule has 2 aromatic rings. The Morgan fingerprint density at radius 3 is 1.95 bits per heavy atom. The number of carbonyl (C=O) groups excluding carboxylic acids is 3. The molecule has 0 amide bonds. The largest absolute Gasteiger partial charge is 0.480 e. The van der Waals surface area contributed by atoms with Crippen LogP contribution in [0.5, 0.6) is 11.5 Å². The highest BCUT2D eigenvalue weighted by atomic mass is 16.6. The van der Waals surface area contributed by atoms with Crippen molar-refractivity contribution in [2.24, 2.45) is 5.73 Å². The lowest BCUT2D eigenvalue weighted by atomic mass is 9.87. The lowest BCUT2D eigenvalue weighted by molar-refractivity contribution is -0.139. The van der Waals surface area contributed by atoms with Crippen molar-refractivity contribution in [1.82, 2.24) is 0 Å². The minimum atomic E-state index is -1.34. The zero-order valence-electron chi connectivity index (χ0n) is 23.6. The molecule has 0 heterocycles. The Balaban J connectivity index is 2.31. The van der Waals surface area contributed by atoms with Crippen LogP contribution < -0.4 is 15.2 Å². The summed E-state index contributed by atoms with van der Waals surface area (Å²) < 4.78 is 16.6. The third-order valence-corrected chi connectivity index (χ3v) is 6.43. The molecule has 9 heteroatoms. The van der Waals surface area contributed by atoms with Gasteiger partial charge in [-0.2, -0.15) is 0 Å². The molecule has 2 aromatic carbocycles. The number of aliphatic carboxylic acids is 1. The zero-order chi connectivity index (χ0) is 29.5. The fourth-order valence-corrected chi connectivity index (χ4v) is 4.20. The molecule has 0 aliphatic rings. The molecular weight excluding hydrogens is 514 g/mol. The predicted molar refractivity (Wildman–Crippen MR) is 150 cm³/mol. The summed E-state index contributed by atoms with van der Waals surface area (Å²) in [5, 5.41) is 9.71. The van der Waals surface area contributed by atoms with Crippen LogP contribution in [0.15, 0.2) is 48.5 Å². The first-order valence-corrected chi connectivity index (χ1v) is 14.0. The number of carboxylic acids is 1. The Morgan fingerprint density at radius 2 is 1.40 bits per heavy atom. The number of carboxylic acid groups (broad SMARTS) is 1. The van der Waals surface area contributed by atoms with Gasteiger partial charge in [-0.1, -0.05) is 63.8 Å². The minimum Gasteiger partial charge on any atom is -0.480 e. The molecule has 0 radical (unpaired) electrons. The molecule has 2 rings (SSSR count). The van der Waals surface area contributed by atoms with Crippen LogP contribution in [0.1, 0.15) is 100 Å². The minimum absolute atomic E-state index is 0.0133. The number of rotatable bonds is 17. The van der Waals surface area contributed by atoms with Crippen LogP contribution in [0, 0.1) is 0 Å². The Morgan fingerprint density at radius 1 is 0.825 bits per heavy atom. The van der Waals surface area contributed by atoms with E-state index in [1.165, 1.54) is 12.1 Å². The van der Waals surface area contributed by atoms with E-state index >= 15 is 0 Å². The number of esters is 3. The number of hydrogen-bond acceptors (Lipinski definition) is 8. The van der Waals surface area contributed by atoms with Gasteiger partial charge in [-0.15, -0.1) is 0 Å². The van der Waals surface area contributed by atoms with Crippen molar-refractivity contribution in [3.05, 3.63) is 59.7 Å². The Labute approximate surface area is 236 Å². The summed E-state index contributed by atoms with van der Waals surface area (Å²) >= 11 is 0. The van der Waals surface area contributed by atoms with E-state index in [1.54, 1.807) is 43.3 Å². The fourth-order valence-electron chi connectivity index (χ4n) is 4.20. The number of unbranched alkanes of at least 4 members (excludes halogenated alkanes) is 4. The smallest absolute Gasteiger partial charge is 0.338 e. The third-order valence-electron chi connectivity index (χ3n) is 6.43. The first-order chi connectivity index (χ1) is 19.2. The first kappa shape index (κ1) is 32.5. The standard InChI is InChI=1S/C31H41NO8/c1-4-6-9-15-27(33)39-25-18-17-23(20-26(25)40-28(34)16-10-7-5-2)24(29(32)30(35)36)19-21(3)38-31(37)22-13-11-8-12-14-22/h8,11-14,17-18,20-21,24,29H,4-7,9-10,15-16,19,32H2,1-3H3,(H,35,36)/t21?,24?,29-/m0/s1. The highest BCUT2D eigenvalue weighted by molar-refractivity contribution is 5.89. The van der Waals surface area contributed by atoms with Crippen LogP contribution in [0.25, 0.3) is 0 Å². The van der Waals surface area contributed by atoms with Crippen LogP contribution in [-0.2, 0) is 19.1 Å². The number of carbonyl (C=O) groups is 4. The van der Waals surface area contributed by atoms with Gasteiger partial charge in [0.05, 0.1) is 5.56 Å². The molecule has 9 nitrogen and oxygen atoms in total. The average molecular weight is 556 g/mol. The van der Waals surface area contributed by atoms with Gasteiger partial charge in [0.1, 0.15) is 12.1 Å². The van der Waals surface area contributed by atoms with E-state index in [1.807, 2.05) is 13.8 Å². The lowest BCUT2D eigenvalue weighted by Gasteiger charge is -2.25. The van der Waals surface area contributed by atoms with Gasteiger partial charge in [-0.3, -0.25) is 14.4 Å². The molecule has 0 saturated heterocycles. The van der Waals surface area contributed by atoms with Crippen molar-refractivity contribution in [2.75, 3.05) is 0 Å². The van der Waals surface area contributed by atoms with Gasteiger partial charge in [0.2, 0.25) is 0 Å². The highest BCUT2D eigenvalue weighted by Gasteiger charge is 2.30. The summed E-state index contributed by atoms with van der Waals surface area (Å²) in [5.41, 5.74) is 6.88. The summed E-state index contributed by atoms with van der Waals surface area (Å²) in [6.45, 7) is 5.71. The van der Waals surface area contributed by atoms with Gasteiger partial charge in [-0.05, 0) is 56.0 Å². The van der Waals surface area contributed by atoms with E-state index in [-0.39, 0.29) is 30.8 Å². The number of benzene rings is 2. The summed E-state index contributed by atoms with van der Waals surface area (Å²) in [6, 6.07) is 11.7. The number of hydrogen-bond donors (Lipinski definition) is 2. The molecule has 0 bridgehead atoms. The van der Waals surface area contributed by atoms with Crippen LogP contribution in [-0.4, -0.2) is 41.1 Å². The first-order valence-electron chi connectivity index (χ1n) is 14.0. The predicted octanol–water partition coefficient (Wildman–Crippen LogP) is 5.79. The second-order valence-electron chi connectivity index (χ2n) is 9.86. The number of nitrogens with two attached hydrogens (primary N) is 1. The van der Waals surface area contributed by atoms with E-state index in [0.717, 1.165) is 25.7 Å². The summed E-state index contributed by atoms with van der Waals surface area (Å²) in [7, 11) is 0. The lowest BCUT2D eigenvalue weighted by Crippen LogP contribution is -2.38. The van der Waals surface area contributed by atoms with Gasteiger partial charge < -0.3 is 25.1 Å². The normalized spacial score (nSPS) is 13.1. The highest BCUT2D eigenvalue weighted by Crippen LogP contribution is 2.35. The van der Waals surface area contributed by atoms with Crippen LogP contribution in [0.2, 0.25) is 0 Å². The van der Waals surface area contributed by atoms with Gasteiger partial charge in [0, 0.05) is 18.8 Å². The molecule has 0 saturated carbocycles. The van der Waals surface area contributed by atoms with Crippen molar-refractivity contribution >= 4 is 23.9 Å². The van der Waals surface area contributed by atoms with Gasteiger partial charge >= 0.3 is 23.9 Å². The van der Waals surface area contributed by atoms with Crippen molar-refractivity contribution < 1.29 is 38.5 Å². The van der Waals surface area contributed by atoms with Crippen molar-refractivity contribution in [2.45, 2.75) is 96.6 Å². The maximum Gasteiger partial charge on any atom is 0.338 e. The molecule has 0 aliphatic carbocycles. The van der Waals surface area contributed by atoms with Crippen molar-refractivity contribution in [3.8, 4) is 11.5 Å². The Kier molecular flexibility index (Phi) is 13.9. The van der Waals surface area contributed by atoms with Crippen LogP contribution in [0.4, 0.5) is 0 Å². The molecule has 2 unspecified atom stereocenters. The van der Waals surface area contributed by atoms with Crippen LogP contribution >= 0.6 is 0 Å². The summed E-state index contributed by atoms with van der Waals surface area (Å²) in [5.74, 6) is -3.44. The van der Waals surface area contributed by atoms with Gasteiger partial charge in [-0.25, -0.2) is 4.79 Å². The van der Waals surface area contributed by atoms with E-state index in [4.69, 9.17) is 19.9 Å². The molecule has 0 fully saturated rings. The molecule has 0 spiro atoms. The maximum atomic E-state index is 12.6. The molecule has 218 valence electrons. The van der Waals surface area contributed by atoms with Gasteiger partial charge in [0.15, 0.2) is 11.5 Å². The van der Waals surface area contributed by atoms with E-state index in [9.17, 15) is 24.3 Å². The maximum absolute atomic E-state index is 12.6. The molecule has 0 aliphatic heterocycles. The second kappa shape index (κ2) is 17.1. The third kappa shape index (κ3) is 10.8. The van der Waals surface area contributed by atoms with Crippen molar-refractivity contribution in [3.63, 3.8) is 0 Å². The van der Waals surface area contributed by atoms with E-state index in [0.29, 0.717) is 24.0 Å². The molecule has 40 heavy (non-hydrogen) atoms. The SMILES string of the molecule is CCCCCC(=O)Oc1ccc(C(CC(C)OC(=O)c2ccccc2)[C@H](N)C(=O)O)cc1OC(=O)CCCCC. The van der Waals surface area contributed by atoms with Gasteiger partial charge in [0.25, 0.3) is 0 Å². The van der Waals surface area contributed by atoms with Crippen molar-refractivity contribution in [1.29, 1.82) is 0 Å². The Hall–Kier alpha value is -3.72. The molecular formula is C31H41NO8. The summed E-state index contributed by atoms with van der Waals surface area (Å²) in [6.07, 6.45) is 4.78. The molecule has 3 atom stereocenters. The molecule has 3 N–H and O–H groups in total. The van der Waals surface area contributed by atoms with Crippen LogP contribution in [0.3, 0.4) is 0 Å². The Bertz CT molecular complexity index is 1120. The van der Waals surface area contributed by atoms with E-state index in [2.05, 4.69) is 0 Å².